The zero-order valence-corrected chi connectivity index (χ0v) is 13.6. The third-order valence-corrected chi connectivity index (χ3v) is 4.78. The first-order valence-corrected chi connectivity index (χ1v) is 8.29. The second-order valence-electron chi connectivity index (χ2n) is 6.99. The lowest BCUT2D eigenvalue weighted by Crippen LogP contribution is -2.42. The lowest BCUT2D eigenvalue weighted by molar-refractivity contribution is -0.149. The summed E-state index contributed by atoms with van der Waals surface area (Å²) in [4.78, 5) is 25.4. The van der Waals surface area contributed by atoms with Crippen molar-refractivity contribution < 1.29 is 19.4 Å². The maximum atomic E-state index is 12.2. The highest BCUT2D eigenvalue weighted by Gasteiger charge is 2.55. The maximum Gasteiger partial charge on any atom is 0.317 e. The fourth-order valence-electron chi connectivity index (χ4n) is 3.59. The molecule has 2 atom stereocenters. The standard InChI is InChI=1S/C16H28N2O4/c1-12(2)10-22-8-4-7-17-15(21)18-9-13-5-3-6-16(13,11-18)14(19)20/h12-13H,3-11H2,1-2H3,(H,17,21)(H,19,20)/t13-,16+/m0/s1. The van der Waals surface area contributed by atoms with Crippen molar-refractivity contribution in [2.45, 2.75) is 39.5 Å². The fraction of sp³-hybridized carbons (Fsp3) is 0.875. The number of hydrogen-bond donors (Lipinski definition) is 2. The molecule has 1 saturated heterocycles. The smallest absolute Gasteiger partial charge is 0.317 e. The lowest BCUT2D eigenvalue weighted by Gasteiger charge is -2.23. The molecule has 0 spiro atoms. The Morgan fingerprint density at radius 3 is 2.86 bits per heavy atom. The van der Waals surface area contributed by atoms with Crippen molar-refractivity contribution >= 4 is 12.0 Å². The van der Waals surface area contributed by atoms with E-state index >= 15 is 0 Å². The number of urea groups is 1. The van der Waals surface area contributed by atoms with Gasteiger partial charge in [-0.1, -0.05) is 20.3 Å². The molecule has 126 valence electrons. The second kappa shape index (κ2) is 7.31. The Morgan fingerprint density at radius 1 is 1.45 bits per heavy atom. The molecule has 1 saturated carbocycles. The minimum atomic E-state index is -0.743. The Hall–Kier alpha value is -1.30. The summed E-state index contributed by atoms with van der Waals surface area (Å²) in [5.41, 5.74) is -0.697. The molecule has 2 aliphatic rings. The molecule has 0 aromatic rings. The third-order valence-electron chi connectivity index (χ3n) is 4.78. The van der Waals surface area contributed by atoms with E-state index in [1.54, 1.807) is 4.90 Å². The summed E-state index contributed by atoms with van der Waals surface area (Å²) in [6.07, 6.45) is 3.35. The van der Waals surface area contributed by atoms with Gasteiger partial charge < -0.3 is 20.1 Å². The normalized spacial score (nSPS) is 27.2. The Kier molecular flexibility index (Phi) is 5.67. The zero-order chi connectivity index (χ0) is 16.2. The molecule has 2 N–H and O–H groups in total. The van der Waals surface area contributed by atoms with Gasteiger partial charge in [0.05, 0.1) is 5.41 Å². The van der Waals surface area contributed by atoms with Crippen molar-refractivity contribution in [3.8, 4) is 0 Å². The molecular formula is C16H28N2O4. The van der Waals surface area contributed by atoms with Crippen molar-refractivity contribution in [1.29, 1.82) is 0 Å². The summed E-state index contributed by atoms with van der Waals surface area (Å²) in [7, 11) is 0. The molecular weight excluding hydrogens is 284 g/mol. The summed E-state index contributed by atoms with van der Waals surface area (Å²) in [5, 5.41) is 12.4. The molecule has 1 heterocycles. The van der Waals surface area contributed by atoms with Crippen LogP contribution in [-0.2, 0) is 9.53 Å². The van der Waals surface area contributed by atoms with Crippen molar-refractivity contribution in [3.63, 3.8) is 0 Å². The maximum absolute atomic E-state index is 12.2. The van der Waals surface area contributed by atoms with Crippen LogP contribution in [-0.4, -0.2) is 54.9 Å². The molecule has 2 amide bonds. The van der Waals surface area contributed by atoms with Crippen LogP contribution in [0.1, 0.15) is 39.5 Å². The second-order valence-corrected chi connectivity index (χ2v) is 6.99. The number of fused-ring (bicyclic) bond motifs is 1. The van der Waals surface area contributed by atoms with E-state index in [-0.39, 0.29) is 11.9 Å². The van der Waals surface area contributed by atoms with E-state index in [0.29, 0.717) is 38.6 Å². The molecule has 22 heavy (non-hydrogen) atoms. The van der Waals surface area contributed by atoms with E-state index in [4.69, 9.17) is 4.74 Å². The van der Waals surface area contributed by atoms with Gasteiger partial charge in [0.15, 0.2) is 0 Å². The van der Waals surface area contributed by atoms with Crippen LogP contribution in [0.15, 0.2) is 0 Å². The minimum absolute atomic E-state index is 0.116. The number of likely N-dealkylation sites (tertiary alicyclic amines) is 1. The van der Waals surface area contributed by atoms with Gasteiger partial charge in [0, 0.05) is 32.8 Å². The van der Waals surface area contributed by atoms with Crippen LogP contribution >= 0.6 is 0 Å². The Labute approximate surface area is 132 Å². The highest BCUT2D eigenvalue weighted by molar-refractivity contribution is 5.80. The van der Waals surface area contributed by atoms with Crippen LogP contribution in [0.4, 0.5) is 4.79 Å². The summed E-state index contributed by atoms with van der Waals surface area (Å²) < 4.78 is 5.47. The zero-order valence-electron chi connectivity index (χ0n) is 13.6. The number of aliphatic carboxylic acids is 1. The van der Waals surface area contributed by atoms with Gasteiger partial charge in [0.1, 0.15) is 0 Å². The topological polar surface area (TPSA) is 78.9 Å². The number of carbonyl (C=O) groups is 2. The molecule has 6 heteroatoms. The van der Waals surface area contributed by atoms with Crippen LogP contribution in [0.25, 0.3) is 0 Å². The molecule has 0 aromatic heterocycles. The molecule has 0 unspecified atom stereocenters. The van der Waals surface area contributed by atoms with Crippen LogP contribution in [0.2, 0.25) is 0 Å². The number of nitrogens with zero attached hydrogens (tertiary/aromatic N) is 1. The number of nitrogens with one attached hydrogen (secondary N) is 1. The minimum Gasteiger partial charge on any atom is -0.481 e. The number of carboxylic acids is 1. The van der Waals surface area contributed by atoms with E-state index in [1.165, 1.54) is 0 Å². The molecule has 0 bridgehead atoms. The molecule has 1 aliphatic heterocycles. The summed E-state index contributed by atoms with van der Waals surface area (Å²) in [6.45, 7) is 7.07. The number of carbonyl (C=O) groups excluding carboxylic acids is 1. The Morgan fingerprint density at radius 2 is 2.23 bits per heavy atom. The van der Waals surface area contributed by atoms with Gasteiger partial charge in [-0.25, -0.2) is 4.79 Å². The first-order chi connectivity index (χ1) is 10.5. The first-order valence-electron chi connectivity index (χ1n) is 8.29. The lowest BCUT2D eigenvalue weighted by atomic mass is 9.81. The quantitative estimate of drug-likeness (QED) is 0.704. The summed E-state index contributed by atoms with van der Waals surface area (Å²) >= 11 is 0. The van der Waals surface area contributed by atoms with E-state index < -0.39 is 11.4 Å². The molecule has 1 aliphatic carbocycles. The van der Waals surface area contributed by atoms with Crippen molar-refractivity contribution in [1.82, 2.24) is 10.2 Å². The highest BCUT2D eigenvalue weighted by Crippen LogP contribution is 2.48. The fourth-order valence-corrected chi connectivity index (χ4v) is 3.59. The van der Waals surface area contributed by atoms with E-state index in [9.17, 15) is 14.7 Å². The SMILES string of the molecule is CC(C)COCCCNC(=O)N1C[C@@H]2CCC[C@@]2(C(=O)O)C1. The molecule has 0 radical (unpaired) electrons. The van der Waals surface area contributed by atoms with Gasteiger partial charge in [-0.3, -0.25) is 4.79 Å². The van der Waals surface area contributed by atoms with Crippen LogP contribution in [0, 0.1) is 17.3 Å². The summed E-state index contributed by atoms with van der Waals surface area (Å²) in [5.74, 6) is -0.108. The Balaban J connectivity index is 1.70. The largest absolute Gasteiger partial charge is 0.481 e. The molecule has 6 nitrogen and oxygen atoms in total. The predicted octanol–water partition coefficient (Wildman–Crippen LogP) is 1.95. The monoisotopic (exact) mass is 312 g/mol. The van der Waals surface area contributed by atoms with Crippen molar-refractivity contribution in [2.24, 2.45) is 17.3 Å². The van der Waals surface area contributed by atoms with E-state index in [0.717, 1.165) is 25.9 Å². The first kappa shape index (κ1) is 17.1. The van der Waals surface area contributed by atoms with Crippen LogP contribution in [0.3, 0.4) is 0 Å². The average molecular weight is 312 g/mol. The number of carboxylic acid groups (broad SMARTS) is 1. The number of ether oxygens (including phenoxy) is 1. The molecule has 2 fully saturated rings. The highest BCUT2D eigenvalue weighted by atomic mass is 16.5. The molecule has 2 rings (SSSR count). The van der Waals surface area contributed by atoms with Gasteiger partial charge >= 0.3 is 12.0 Å². The predicted molar refractivity (Wildman–Crippen MR) is 82.7 cm³/mol. The van der Waals surface area contributed by atoms with Gasteiger partial charge in [-0.15, -0.1) is 0 Å². The van der Waals surface area contributed by atoms with Gasteiger partial charge in [0.25, 0.3) is 0 Å². The number of amides is 2. The summed E-state index contributed by atoms with van der Waals surface area (Å²) in [6, 6.07) is -0.140. The number of rotatable bonds is 7. The van der Waals surface area contributed by atoms with Crippen LogP contribution in [0.5, 0.6) is 0 Å². The molecule has 0 aromatic carbocycles. The van der Waals surface area contributed by atoms with E-state index in [1.807, 2.05) is 0 Å². The third kappa shape index (κ3) is 3.72. The van der Waals surface area contributed by atoms with Gasteiger partial charge in [-0.05, 0) is 31.1 Å². The van der Waals surface area contributed by atoms with E-state index in [2.05, 4.69) is 19.2 Å². The van der Waals surface area contributed by atoms with Gasteiger partial charge in [-0.2, -0.15) is 0 Å². The van der Waals surface area contributed by atoms with Gasteiger partial charge in [0.2, 0.25) is 0 Å². The number of hydrogen-bond acceptors (Lipinski definition) is 3. The Bertz CT molecular complexity index is 413. The van der Waals surface area contributed by atoms with Crippen LogP contribution < -0.4 is 5.32 Å². The van der Waals surface area contributed by atoms with Crippen molar-refractivity contribution in [2.75, 3.05) is 32.8 Å². The average Bonchev–Trinajstić information content (AvgIpc) is 2.99. The van der Waals surface area contributed by atoms with Crippen molar-refractivity contribution in [3.05, 3.63) is 0 Å².